The molecule has 2 aromatic heterocycles. The van der Waals surface area contributed by atoms with Crippen LogP contribution in [0.2, 0.25) is 0 Å². The maximum atomic E-state index is 11.7. The Morgan fingerprint density at radius 1 is 1.45 bits per heavy atom. The van der Waals surface area contributed by atoms with Crippen LogP contribution in [0.1, 0.15) is 25.3 Å². The highest BCUT2D eigenvalue weighted by Gasteiger charge is 2.10. The van der Waals surface area contributed by atoms with Gasteiger partial charge in [-0.05, 0) is 30.5 Å². The number of rotatable bonds is 5. The summed E-state index contributed by atoms with van der Waals surface area (Å²) < 4.78 is 5.02. The second kappa shape index (κ2) is 6.57. The lowest BCUT2D eigenvalue weighted by Crippen LogP contribution is -2.17. The maximum absolute atomic E-state index is 11.7. The molecule has 0 aliphatic heterocycles. The molecule has 0 aliphatic rings. The number of nitrogens with one attached hydrogen (secondary N) is 2. The van der Waals surface area contributed by atoms with E-state index in [0.29, 0.717) is 5.95 Å². The Bertz CT molecular complexity index is 767. The Labute approximate surface area is 131 Å². The van der Waals surface area contributed by atoms with Gasteiger partial charge in [0.05, 0.1) is 21.9 Å². The Hall–Kier alpha value is -2.41. The average Bonchev–Trinajstić information content (AvgIpc) is 3.13. The van der Waals surface area contributed by atoms with Gasteiger partial charge in [-0.1, -0.05) is 19.4 Å². The lowest BCUT2D eigenvalue weighted by Gasteiger charge is -2.00. The zero-order valence-corrected chi connectivity index (χ0v) is 12.9. The number of H-pyrrole nitrogens is 1. The number of aromatic amines is 1. The Balaban J connectivity index is 1.70. The average molecular weight is 316 g/mol. The van der Waals surface area contributed by atoms with Crippen LogP contribution in [-0.2, 0) is 6.42 Å². The lowest BCUT2D eigenvalue weighted by molar-refractivity contribution is 0.213. The van der Waals surface area contributed by atoms with Crippen LogP contribution in [0.5, 0.6) is 5.88 Å². The molecule has 0 radical (unpaired) electrons. The van der Waals surface area contributed by atoms with Gasteiger partial charge in [0.15, 0.2) is 0 Å². The second-order valence-corrected chi connectivity index (χ2v) is 5.60. The molecular weight excluding hydrogens is 300 g/mol. The van der Waals surface area contributed by atoms with E-state index >= 15 is 0 Å². The van der Waals surface area contributed by atoms with Gasteiger partial charge in [-0.25, -0.2) is 14.8 Å². The molecule has 0 aliphatic carbocycles. The summed E-state index contributed by atoms with van der Waals surface area (Å²) in [6, 6.07) is 6.08. The zero-order valence-electron chi connectivity index (χ0n) is 12.1. The fourth-order valence-electron chi connectivity index (χ4n) is 2.12. The van der Waals surface area contributed by atoms with E-state index in [9.17, 15) is 4.79 Å². The van der Waals surface area contributed by atoms with E-state index in [1.54, 1.807) is 10.9 Å². The summed E-state index contributed by atoms with van der Waals surface area (Å²) in [5, 5.41) is 4.22. The van der Waals surface area contributed by atoms with Crippen LogP contribution in [0, 0.1) is 0 Å². The third kappa shape index (κ3) is 3.43. The highest BCUT2D eigenvalue weighted by atomic mass is 32.1. The molecule has 3 aromatic rings. The number of nitrogens with zero attached hydrogens (tertiary/aromatic N) is 2. The molecule has 0 fully saturated rings. The molecule has 6 nitrogen and oxygen atoms in total. The molecule has 0 saturated heterocycles. The van der Waals surface area contributed by atoms with Gasteiger partial charge in [-0.2, -0.15) is 0 Å². The summed E-state index contributed by atoms with van der Waals surface area (Å²) in [5.41, 5.74) is 4.57. The van der Waals surface area contributed by atoms with Gasteiger partial charge in [-0.15, -0.1) is 11.3 Å². The van der Waals surface area contributed by atoms with Crippen molar-refractivity contribution in [2.45, 2.75) is 26.2 Å². The fraction of sp³-hybridized carbons (Fsp3) is 0.267. The van der Waals surface area contributed by atoms with E-state index in [0.717, 1.165) is 30.3 Å². The van der Waals surface area contributed by atoms with Crippen LogP contribution in [-0.4, -0.2) is 21.0 Å². The predicted molar refractivity (Wildman–Crippen MR) is 86.5 cm³/mol. The van der Waals surface area contributed by atoms with Gasteiger partial charge in [0.1, 0.15) is 0 Å². The molecule has 0 unspecified atom stereocenters. The largest absolute Gasteiger partial charge is 0.420 e. The first-order valence-electron chi connectivity index (χ1n) is 7.10. The predicted octanol–water partition coefficient (Wildman–Crippen LogP) is 3.97. The number of carbonyl (C=O) groups is 1. The molecular formula is C15H16N4O2S. The number of anilines is 1. The van der Waals surface area contributed by atoms with Crippen molar-refractivity contribution in [3.63, 3.8) is 0 Å². The summed E-state index contributed by atoms with van der Waals surface area (Å²) in [5.74, 6) is 0.642. The van der Waals surface area contributed by atoms with E-state index < -0.39 is 6.09 Å². The highest BCUT2D eigenvalue weighted by Crippen LogP contribution is 2.18. The normalized spacial score (nSPS) is 10.8. The van der Waals surface area contributed by atoms with E-state index in [1.807, 2.05) is 6.07 Å². The molecule has 22 heavy (non-hydrogen) atoms. The van der Waals surface area contributed by atoms with E-state index in [1.165, 1.54) is 16.9 Å². The van der Waals surface area contributed by atoms with Gasteiger partial charge in [0, 0.05) is 0 Å². The monoisotopic (exact) mass is 316 g/mol. The number of hydrogen-bond acceptors (Lipinski definition) is 5. The number of amides is 1. The van der Waals surface area contributed by atoms with Crippen LogP contribution < -0.4 is 10.1 Å². The first-order valence-corrected chi connectivity index (χ1v) is 8.04. The molecule has 0 saturated carbocycles. The fourth-order valence-corrected chi connectivity index (χ4v) is 2.57. The molecule has 0 spiro atoms. The molecule has 2 heterocycles. The number of aromatic nitrogens is 3. The van der Waals surface area contributed by atoms with E-state index in [2.05, 4.69) is 39.3 Å². The molecule has 1 amide bonds. The Morgan fingerprint density at radius 3 is 3.14 bits per heavy atom. The van der Waals surface area contributed by atoms with Crippen LogP contribution in [0.15, 0.2) is 29.1 Å². The third-order valence-electron chi connectivity index (χ3n) is 3.19. The number of imidazole rings is 1. The molecule has 0 bridgehead atoms. The molecule has 2 N–H and O–H groups in total. The van der Waals surface area contributed by atoms with Gasteiger partial charge in [0.2, 0.25) is 11.8 Å². The Morgan fingerprint density at radius 2 is 2.36 bits per heavy atom. The van der Waals surface area contributed by atoms with Gasteiger partial charge in [0.25, 0.3) is 0 Å². The number of fused-ring (bicyclic) bond motifs is 1. The van der Waals surface area contributed by atoms with Gasteiger partial charge >= 0.3 is 6.09 Å². The van der Waals surface area contributed by atoms with Crippen molar-refractivity contribution in [2.24, 2.45) is 0 Å². The topological polar surface area (TPSA) is 79.9 Å². The number of unbranched alkanes of at least 4 members (excludes halogenated alkanes) is 1. The molecule has 1 aromatic carbocycles. The first kappa shape index (κ1) is 14.5. The minimum atomic E-state index is -0.615. The summed E-state index contributed by atoms with van der Waals surface area (Å²) in [6.45, 7) is 2.17. The summed E-state index contributed by atoms with van der Waals surface area (Å²) in [6.07, 6.45) is 2.75. The Kier molecular flexibility index (Phi) is 4.34. The van der Waals surface area contributed by atoms with Crippen molar-refractivity contribution in [2.75, 3.05) is 5.32 Å². The van der Waals surface area contributed by atoms with Crippen molar-refractivity contribution in [1.29, 1.82) is 0 Å². The van der Waals surface area contributed by atoms with Gasteiger partial charge < -0.3 is 9.72 Å². The second-order valence-electron chi connectivity index (χ2n) is 4.88. The SMILES string of the molecule is CCCCc1ccc2nc(NC(=O)Oc3cscn3)[nH]c2c1. The van der Waals surface area contributed by atoms with Crippen molar-refractivity contribution >= 4 is 34.4 Å². The third-order valence-corrected chi connectivity index (χ3v) is 3.76. The molecule has 3 rings (SSSR count). The van der Waals surface area contributed by atoms with Crippen molar-refractivity contribution < 1.29 is 9.53 Å². The first-order chi connectivity index (χ1) is 10.7. The van der Waals surface area contributed by atoms with Crippen LogP contribution in [0.4, 0.5) is 10.7 Å². The number of carbonyl (C=O) groups excluding carboxylic acids is 1. The zero-order chi connectivity index (χ0) is 15.4. The number of ether oxygens (including phenoxy) is 1. The highest BCUT2D eigenvalue weighted by molar-refractivity contribution is 7.07. The van der Waals surface area contributed by atoms with Crippen LogP contribution in [0.25, 0.3) is 11.0 Å². The number of benzene rings is 1. The quantitative estimate of drug-likeness (QED) is 0.746. The van der Waals surface area contributed by atoms with Gasteiger partial charge in [-0.3, -0.25) is 5.32 Å². The van der Waals surface area contributed by atoms with Crippen LogP contribution in [0.3, 0.4) is 0 Å². The minimum absolute atomic E-state index is 0.278. The summed E-state index contributed by atoms with van der Waals surface area (Å²) >= 11 is 1.36. The maximum Gasteiger partial charge on any atom is 0.420 e. The molecule has 7 heteroatoms. The molecule has 0 atom stereocenters. The number of aryl methyl sites for hydroxylation is 1. The van der Waals surface area contributed by atoms with Crippen molar-refractivity contribution in [1.82, 2.24) is 15.0 Å². The van der Waals surface area contributed by atoms with Crippen molar-refractivity contribution in [3.8, 4) is 5.88 Å². The lowest BCUT2D eigenvalue weighted by atomic mass is 10.1. The number of thiazole rings is 1. The smallest absolute Gasteiger partial charge is 0.390 e. The van der Waals surface area contributed by atoms with Crippen molar-refractivity contribution in [3.05, 3.63) is 34.7 Å². The summed E-state index contributed by atoms with van der Waals surface area (Å²) in [7, 11) is 0. The standard InChI is InChI=1S/C15H16N4O2S/c1-2-3-4-10-5-6-11-12(7-10)18-14(17-11)19-15(20)21-13-8-22-9-16-13/h5-9H,2-4H2,1H3,(H2,17,18,19,20). The minimum Gasteiger partial charge on any atom is -0.390 e. The summed E-state index contributed by atoms with van der Waals surface area (Å²) in [4.78, 5) is 23.0. The van der Waals surface area contributed by atoms with Crippen LogP contribution >= 0.6 is 11.3 Å². The van der Waals surface area contributed by atoms with E-state index in [-0.39, 0.29) is 5.88 Å². The number of hydrogen-bond donors (Lipinski definition) is 2. The van der Waals surface area contributed by atoms with E-state index in [4.69, 9.17) is 4.74 Å². The molecule has 114 valence electrons.